The van der Waals surface area contributed by atoms with E-state index in [1.807, 2.05) is 19.9 Å². The lowest BCUT2D eigenvalue weighted by Gasteiger charge is -2.09. The SMILES string of the molecule is CC(C)c1ccc(C(C)C#N)cc1F. The van der Waals surface area contributed by atoms with E-state index < -0.39 is 0 Å². The van der Waals surface area contributed by atoms with Crippen molar-refractivity contribution in [2.75, 3.05) is 0 Å². The van der Waals surface area contributed by atoms with Crippen molar-refractivity contribution in [1.29, 1.82) is 5.26 Å². The van der Waals surface area contributed by atoms with E-state index in [0.717, 1.165) is 5.56 Å². The van der Waals surface area contributed by atoms with Gasteiger partial charge in [0.25, 0.3) is 0 Å². The Hall–Kier alpha value is -1.36. The van der Waals surface area contributed by atoms with Crippen molar-refractivity contribution in [3.05, 3.63) is 35.1 Å². The Morgan fingerprint density at radius 2 is 1.93 bits per heavy atom. The Kier molecular flexibility index (Phi) is 3.24. The Bertz CT molecular complexity index is 363. The van der Waals surface area contributed by atoms with Gasteiger partial charge in [-0.05, 0) is 30.0 Å². The maximum Gasteiger partial charge on any atom is 0.126 e. The van der Waals surface area contributed by atoms with Gasteiger partial charge >= 0.3 is 0 Å². The van der Waals surface area contributed by atoms with Gasteiger partial charge in [0.1, 0.15) is 5.82 Å². The lowest BCUT2D eigenvalue weighted by Crippen LogP contribution is -1.96. The van der Waals surface area contributed by atoms with Crippen LogP contribution in [0.4, 0.5) is 4.39 Å². The van der Waals surface area contributed by atoms with Crippen molar-refractivity contribution < 1.29 is 4.39 Å². The van der Waals surface area contributed by atoms with Gasteiger partial charge in [0.2, 0.25) is 0 Å². The molecule has 0 aliphatic heterocycles. The molecular formula is C12H14FN. The Morgan fingerprint density at radius 3 is 2.36 bits per heavy atom. The summed E-state index contributed by atoms with van der Waals surface area (Å²) < 4.78 is 13.5. The van der Waals surface area contributed by atoms with Crippen molar-refractivity contribution >= 4 is 0 Å². The van der Waals surface area contributed by atoms with E-state index in [0.29, 0.717) is 5.56 Å². The van der Waals surface area contributed by atoms with Crippen LogP contribution in [0.25, 0.3) is 0 Å². The number of hydrogen-bond donors (Lipinski definition) is 0. The normalized spacial score (nSPS) is 12.6. The van der Waals surface area contributed by atoms with Gasteiger partial charge in [-0.25, -0.2) is 4.39 Å². The minimum Gasteiger partial charge on any atom is -0.207 e. The maximum atomic E-state index is 13.5. The van der Waals surface area contributed by atoms with Gasteiger partial charge in [0.15, 0.2) is 0 Å². The molecule has 0 heterocycles. The van der Waals surface area contributed by atoms with E-state index >= 15 is 0 Å². The molecular weight excluding hydrogens is 177 g/mol. The molecule has 1 atom stereocenters. The second-order valence-corrected chi connectivity index (χ2v) is 3.79. The molecule has 74 valence electrons. The molecule has 0 radical (unpaired) electrons. The number of rotatable bonds is 2. The fraction of sp³-hybridized carbons (Fsp3) is 0.417. The van der Waals surface area contributed by atoms with Crippen LogP contribution >= 0.6 is 0 Å². The van der Waals surface area contributed by atoms with Gasteiger partial charge in [-0.3, -0.25) is 0 Å². The van der Waals surface area contributed by atoms with Crippen molar-refractivity contribution in [1.82, 2.24) is 0 Å². The number of halogens is 1. The molecule has 0 aliphatic rings. The third kappa shape index (κ3) is 2.11. The molecule has 0 bridgehead atoms. The monoisotopic (exact) mass is 191 g/mol. The van der Waals surface area contributed by atoms with E-state index in [2.05, 4.69) is 6.07 Å². The lowest BCUT2D eigenvalue weighted by molar-refractivity contribution is 0.595. The van der Waals surface area contributed by atoms with Gasteiger partial charge in [-0.2, -0.15) is 5.26 Å². The molecule has 1 unspecified atom stereocenters. The molecule has 0 spiro atoms. The second kappa shape index (κ2) is 4.23. The first-order valence-corrected chi connectivity index (χ1v) is 4.75. The minimum absolute atomic E-state index is 0.182. The zero-order chi connectivity index (χ0) is 10.7. The first kappa shape index (κ1) is 10.7. The summed E-state index contributed by atoms with van der Waals surface area (Å²) in [6.07, 6.45) is 0. The summed E-state index contributed by atoms with van der Waals surface area (Å²) in [5, 5.41) is 8.69. The van der Waals surface area contributed by atoms with Crippen LogP contribution in [0.15, 0.2) is 18.2 Å². The molecule has 14 heavy (non-hydrogen) atoms. The number of hydrogen-bond acceptors (Lipinski definition) is 1. The molecule has 1 nitrogen and oxygen atoms in total. The highest BCUT2D eigenvalue weighted by Gasteiger charge is 2.10. The van der Waals surface area contributed by atoms with Crippen LogP contribution in [-0.4, -0.2) is 0 Å². The topological polar surface area (TPSA) is 23.8 Å². The average molecular weight is 191 g/mol. The number of nitrogens with zero attached hydrogens (tertiary/aromatic N) is 1. The van der Waals surface area contributed by atoms with Crippen LogP contribution in [-0.2, 0) is 0 Å². The third-order valence-electron chi connectivity index (χ3n) is 2.34. The van der Waals surface area contributed by atoms with Crippen LogP contribution in [0.1, 0.15) is 43.7 Å². The largest absolute Gasteiger partial charge is 0.207 e. The minimum atomic E-state index is -0.245. The molecule has 1 aromatic carbocycles. The van der Waals surface area contributed by atoms with Crippen LogP contribution in [0.5, 0.6) is 0 Å². The van der Waals surface area contributed by atoms with Gasteiger partial charge in [-0.1, -0.05) is 26.0 Å². The highest BCUT2D eigenvalue weighted by atomic mass is 19.1. The van der Waals surface area contributed by atoms with Crippen LogP contribution in [0.3, 0.4) is 0 Å². The zero-order valence-electron chi connectivity index (χ0n) is 8.71. The Balaban J connectivity index is 3.08. The van der Waals surface area contributed by atoms with Gasteiger partial charge < -0.3 is 0 Å². The highest BCUT2D eigenvalue weighted by molar-refractivity contribution is 5.30. The quantitative estimate of drug-likeness (QED) is 0.701. The van der Waals surface area contributed by atoms with E-state index in [1.54, 1.807) is 13.0 Å². The smallest absolute Gasteiger partial charge is 0.126 e. The predicted molar refractivity (Wildman–Crippen MR) is 54.5 cm³/mol. The molecule has 0 N–H and O–H groups in total. The predicted octanol–water partition coefficient (Wildman–Crippen LogP) is 3.58. The maximum absolute atomic E-state index is 13.5. The number of nitriles is 1. The summed E-state index contributed by atoms with van der Waals surface area (Å²) in [5.74, 6) is -0.272. The van der Waals surface area contributed by atoms with E-state index in [9.17, 15) is 4.39 Å². The van der Waals surface area contributed by atoms with Crippen molar-refractivity contribution in [2.24, 2.45) is 0 Å². The second-order valence-electron chi connectivity index (χ2n) is 3.79. The van der Waals surface area contributed by atoms with Crippen LogP contribution in [0.2, 0.25) is 0 Å². The van der Waals surface area contributed by atoms with E-state index in [-0.39, 0.29) is 17.7 Å². The zero-order valence-corrected chi connectivity index (χ0v) is 8.71. The van der Waals surface area contributed by atoms with Gasteiger partial charge in [0, 0.05) is 0 Å². The average Bonchev–Trinajstić information content (AvgIpc) is 2.15. The molecule has 2 heteroatoms. The van der Waals surface area contributed by atoms with E-state index in [1.165, 1.54) is 6.07 Å². The van der Waals surface area contributed by atoms with Crippen molar-refractivity contribution in [3.8, 4) is 6.07 Å². The number of benzene rings is 1. The highest BCUT2D eigenvalue weighted by Crippen LogP contribution is 2.22. The molecule has 0 aliphatic carbocycles. The fourth-order valence-electron chi connectivity index (χ4n) is 1.36. The first-order chi connectivity index (χ1) is 6.56. The van der Waals surface area contributed by atoms with Crippen molar-refractivity contribution in [3.63, 3.8) is 0 Å². The molecule has 0 aromatic heterocycles. The van der Waals surface area contributed by atoms with Crippen LogP contribution < -0.4 is 0 Å². The van der Waals surface area contributed by atoms with Crippen molar-refractivity contribution in [2.45, 2.75) is 32.6 Å². The Labute approximate surface area is 84.2 Å². The summed E-state index contributed by atoms with van der Waals surface area (Å²) in [6.45, 7) is 5.67. The molecule has 0 saturated carbocycles. The van der Waals surface area contributed by atoms with Gasteiger partial charge in [0.05, 0.1) is 12.0 Å². The molecule has 0 amide bonds. The summed E-state index contributed by atoms with van der Waals surface area (Å²) in [7, 11) is 0. The summed E-state index contributed by atoms with van der Waals surface area (Å²) >= 11 is 0. The summed E-state index contributed by atoms with van der Waals surface area (Å²) in [5.41, 5.74) is 1.45. The first-order valence-electron chi connectivity index (χ1n) is 4.75. The molecule has 1 rings (SSSR count). The Morgan fingerprint density at radius 1 is 1.29 bits per heavy atom. The molecule has 1 aromatic rings. The van der Waals surface area contributed by atoms with Crippen LogP contribution in [0, 0.1) is 17.1 Å². The molecule has 0 fully saturated rings. The molecule has 0 saturated heterocycles. The van der Waals surface area contributed by atoms with Gasteiger partial charge in [-0.15, -0.1) is 0 Å². The fourth-order valence-corrected chi connectivity index (χ4v) is 1.36. The van der Waals surface area contributed by atoms with E-state index in [4.69, 9.17) is 5.26 Å². The third-order valence-corrected chi connectivity index (χ3v) is 2.34. The lowest BCUT2D eigenvalue weighted by atomic mass is 9.96. The summed E-state index contributed by atoms with van der Waals surface area (Å²) in [4.78, 5) is 0. The standard InChI is InChI=1S/C12H14FN/c1-8(2)11-5-4-10(6-12(11)13)9(3)7-14/h4-6,8-9H,1-3H3. The summed E-state index contributed by atoms with van der Waals surface area (Å²) in [6, 6.07) is 7.14.